The standard InChI is InChI=1S/C23H25N3O/c1-23-11-6-12-25(16-23)21(14-23)18-9-10-20-19(13-18)24-22(27-2)26(20)15-17-7-4-3-5-8-17/h3-5,7-10,13-14H,6,11-12,15-16H2,1-2H3. The molecule has 1 atom stereocenters. The summed E-state index contributed by atoms with van der Waals surface area (Å²) in [4.78, 5) is 7.29. The monoisotopic (exact) mass is 359 g/mol. The van der Waals surface area contributed by atoms with Gasteiger partial charge in [0.15, 0.2) is 0 Å². The maximum Gasteiger partial charge on any atom is 0.297 e. The van der Waals surface area contributed by atoms with Crippen LogP contribution < -0.4 is 4.74 Å². The second-order valence-electron chi connectivity index (χ2n) is 8.08. The molecule has 0 amide bonds. The number of hydrogen-bond donors (Lipinski definition) is 0. The van der Waals surface area contributed by atoms with Crippen LogP contribution in [0.3, 0.4) is 0 Å². The van der Waals surface area contributed by atoms with Crippen LogP contribution in [0.4, 0.5) is 0 Å². The molecule has 5 rings (SSSR count). The molecule has 2 bridgehead atoms. The lowest BCUT2D eigenvalue weighted by Crippen LogP contribution is -2.32. The van der Waals surface area contributed by atoms with E-state index in [2.05, 4.69) is 64.9 Å². The summed E-state index contributed by atoms with van der Waals surface area (Å²) in [5.74, 6) is 0. The van der Waals surface area contributed by atoms with E-state index in [4.69, 9.17) is 9.72 Å². The van der Waals surface area contributed by atoms with Gasteiger partial charge in [-0.15, -0.1) is 0 Å². The number of aromatic nitrogens is 2. The number of piperidine rings is 1. The van der Waals surface area contributed by atoms with Gasteiger partial charge in [-0.25, -0.2) is 0 Å². The summed E-state index contributed by atoms with van der Waals surface area (Å²) in [7, 11) is 1.69. The van der Waals surface area contributed by atoms with Gasteiger partial charge in [-0.3, -0.25) is 4.57 Å². The van der Waals surface area contributed by atoms with E-state index in [-0.39, 0.29) is 0 Å². The molecule has 4 nitrogen and oxygen atoms in total. The number of rotatable bonds is 4. The van der Waals surface area contributed by atoms with Crippen LogP contribution in [0, 0.1) is 5.41 Å². The number of nitrogens with zero attached hydrogens (tertiary/aromatic N) is 3. The SMILES string of the molecule is COc1nc2cc(C3=CC4(C)CCCN3C4)ccc2n1Cc1ccccc1. The highest BCUT2D eigenvalue weighted by Crippen LogP contribution is 2.43. The Balaban J connectivity index is 1.56. The molecule has 2 aromatic carbocycles. The second-order valence-corrected chi connectivity index (χ2v) is 8.08. The minimum Gasteiger partial charge on any atom is -0.468 e. The van der Waals surface area contributed by atoms with Crippen molar-refractivity contribution >= 4 is 16.7 Å². The summed E-state index contributed by atoms with van der Waals surface area (Å²) < 4.78 is 7.73. The molecular weight excluding hydrogens is 334 g/mol. The highest BCUT2D eigenvalue weighted by molar-refractivity contribution is 5.82. The normalized spacial score (nSPS) is 21.6. The lowest BCUT2D eigenvalue weighted by Gasteiger charge is -2.32. The maximum absolute atomic E-state index is 5.58. The molecule has 2 aliphatic heterocycles. The van der Waals surface area contributed by atoms with E-state index in [1.165, 1.54) is 29.7 Å². The van der Waals surface area contributed by atoms with E-state index in [1.807, 2.05) is 6.07 Å². The molecule has 0 aliphatic carbocycles. The van der Waals surface area contributed by atoms with E-state index >= 15 is 0 Å². The number of hydrogen-bond acceptors (Lipinski definition) is 3. The van der Waals surface area contributed by atoms with E-state index in [0.29, 0.717) is 11.4 Å². The van der Waals surface area contributed by atoms with Crippen LogP contribution in [-0.2, 0) is 6.54 Å². The van der Waals surface area contributed by atoms with Crippen molar-refractivity contribution in [1.29, 1.82) is 0 Å². The van der Waals surface area contributed by atoms with Gasteiger partial charge in [0.25, 0.3) is 6.01 Å². The topological polar surface area (TPSA) is 30.3 Å². The van der Waals surface area contributed by atoms with Crippen molar-refractivity contribution in [2.24, 2.45) is 5.41 Å². The van der Waals surface area contributed by atoms with Crippen molar-refractivity contribution in [3.05, 3.63) is 65.7 Å². The summed E-state index contributed by atoms with van der Waals surface area (Å²) >= 11 is 0. The number of benzene rings is 2. The Bertz CT molecular complexity index is 1020. The van der Waals surface area contributed by atoms with Crippen molar-refractivity contribution in [3.8, 4) is 6.01 Å². The predicted molar refractivity (Wildman–Crippen MR) is 109 cm³/mol. The van der Waals surface area contributed by atoms with Crippen LogP contribution in [0.15, 0.2) is 54.6 Å². The van der Waals surface area contributed by atoms with E-state index in [0.717, 1.165) is 30.7 Å². The van der Waals surface area contributed by atoms with Crippen LogP contribution in [-0.4, -0.2) is 34.7 Å². The molecule has 4 heteroatoms. The number of imidazole rings is 1. The first kappa shape index (κ1) is 16.4. The maximum atomic E-state index is 5.58. The first-order valence-corrected chi connectivity index (χ1v) is 9.72. The van der Waals surface area contributed by atoms with E-state index in [1.54, 1.807) is 7.11 Å². The Kier molecular flexibility index (Phi) is 3.74. The van der Waals surface area contributed by atoms with Gasteiger partial charge in [0, 0.05) is 24.2 Å². The zero-order valence-electron chi connectivity index (χ0n) is 16.0. The molecule has 0 spiro atoms. The van der Waals surface area contributed by atoms with Crippen LogP contribution in [0.5, 0.6) is 6.01 Å². The first-order chi connectivity index (χ1) is 13.1. The van der Waals surface area contributed by atoms with E-state index in [9.17, 15) is 0 Å². The first-order valence-electron chi connectivity index (χ1n) is 9.72. The van der Waals surface area contributed by atoms with Crippen molar-refractivity contribution in [2.45, 2.75) is 26.3 Å². The Morgan fingerprint density at radius 3 is 2.78 bits per heavy atom. The molecule has 1 unspecified atom stereocenters. The van der Waals surface area contributed by atoms with Crippen LogP contribution in [0.25, 0.3) is 16.7 Å². The molecule has 3 heterocycles. The molecule has 1 aromatic heterocycles. The molecule has 27 heavy (non-hydrogen) atoms. The summed E-state index contributed by atoms with van der Waals surface area (Å²) in [5.41, 5.74) is 6.31. The van der Waals surface area contributed by atoms with Crippen LogP contribution >= 0.6 is 0 Å². The highest BCUT2D eigenvalue weighted by Gasteiger charge is 2.37. The van der Waals surface area contributed by atoms with Crippen molar-refractivity contribution < 1.29 is 4.74 Å². The van der Waals surface area contributed by atoms with Crippen molar-refractivity contribution in [2.75, 3.05) is 20.2 Å². The average Bonchev–Trinajstić information content (AvgIpc) is 3.15. The minimum atomic E-state index is 0.326. The Hall–Kier alpha value is -2.75. The largest absolute Gasteiger partial charge is 0.468 e. The Labute approximate surface area is 160 Å². The Morgan fingerprint density at radius 1 is 1.15 bits per heavy atom. The third-order valence-corrected chi connectivity index (χ3v) is 5.93. The molecule has 3 aromatic rings. The zero-order valence-corrected chi connectivity index (χ0v) is 16.0. The zero-order chi connectivity index (χ0) is 18.4. The smallest absolute Gasteiger partial charge is 0.297 e. The molecule has 0 radical (unpaired) electrons. The summed E-state index contributed by atoms with van der Waals surface area (Å²) in [5, 5.41) is 0. The summed E-state index contributed by atoms with van der Waals surface area (Å²) in [6.07, 6.45) is 5.03. The Morgan fingerprint density at radius 2 is 2.00 bits per heavy atom. The summed E-state index contributed by atoms with van der Waals surface area (Å²) in [6, 6.07) is 17.8. The van der Waals surface area contributed by atoms with E-state index < -0.39 is 0 Å². The van der Waals surface area contributed by atoms with Crippen molar-refractivity contribution in [1.82, 2.24) is 14.5 Å². The number of ether oxygens (including phenoxy) is 1. The fourth-order valence-electron chi connectivity index (χ4n) is 4.62. The quantitative estimate of drug-likeness (QED) is 0.685. The molecule has 2 aliphatic rings. The van der Waals surface area contributed by atoms with Gasteiger partial charge in [0.1, 0.15) is 0 Å². The van der Waals surface area contributed by atoms with Gasteiger partial charge < -0.3 is 9.64 Å². The van der Waals surface area contributed by atoms with Crippen LogP contribution in [0.2, 0.25) is 0 Å². The average molecular weight is 359 g/mol. The third kappa shape index (κ3) is 2.80. The molecule has 138 valence electrons. The molecule has 1 saturated heterocycles. The molecule has 1 fully saturated rings. The molecular formula is C23H25N3O. The number of fused-ring (bicyclic) bond motifs is 3. The molecule has 0 saturated carbocycles. The van der Waals surface area contributed by atoms with Crippen molar-refractivity contribution in [3.63, 3.8) is 0 Å². The second kappa shape index (κ2) is 6.15. The van der Waals surface area contributed by atoms with Gasteiger partial charge in [0.05, 0.1) is 24.7 Å². The summed E-state index contributed by atoms with van der Waals surface area (Å²) in [6.45, 7) is 5.44. The highest BCUT2D eigenvalue weighted by atomic mass is 16.5. The molecule has 0 N–H and O–H groups in total. The van der Waals surface area contributed by atoms with Crippen LogP contribution in [0.1, 0.15) is 30.9 Å². The van der Waals surface area contributed by atoms with Gasteiger partial charge in [-0.05, 0) is 36.1 Å². The third-order valence-electron chi connectivity index (χ3n) is 5.93. The lowest BCUT2D eigenvalue weighted by atomic mass is 9.85. The minimum absolute atomic E-state index is 0.326. The predicted octanol–water partition coefficient (Wildman–Crippen LogP) is 4.55. The fraction of sp³-hybridized carbons (Fsp3) is 0.348. The van der Waals surface area contributed by atoms with Gasteiger partial charge in [-0.1, -0.05) is 49.4 Å². The lowest BCUT2D eigenvalue weighted by molar-refractivity contribution is 0.228. The van der Waals surface area contributed by atoms with Gasteiger partial charge in [0.2, 0.25) is 0 Å². The van der Waals surface area contributed by atoms with Gasteiger partial charge >= 0.3 is 0 Å². The fourth-order valence-corrected chi connectivity index (χ4v) is 4.62. The number of methoxy groups -OCH3 is 1. The van der Waals surface area contributed by atoms with Gasteiger partial charge in [-0.2, -0.15) is 4.98 Å².